The molecular formula is C21H30N4O3. The molecule has 152 valence electrons. The number of benzene rings is 1. The zero-order valence-electron chi connectivity index (χ0n) is 17.0. The number of phenolic OH excluding ortho intramolecular Hbond substituents is 1. The van der Waals surface area contributed by atoms with E-state index >= 15 is 0 Å². The van der Waals surface area contributed by atoms with Gasteiger partial charge in [0.25, 0.3) is 5.91 Å². The summed E-state index contributed by atoms with van der Waals surface area (Å²) in [6, 6.07) is 5.02. The Morgan fingerprint density at radius 1 is 1.39 bits per heavy atom. The summed E-state index contributed by atoms with van der Waals surface area (Å²) < 4.78 is 7.35. The minimum Gasteiger partial charge on any atom is -0.504 e. The fourth-order valence-corrected chi connectivity index (χ4v) is 3.83. The molecule has 0 radical (unpaired) electrons. The first-order valence-corrected chi connectivity index (χ1v) is 9.82. The molecule has 1 aromatic carbocycles. The number of likely N-dealkylation sites (tertiary alicyclic amines) is 1. The summed E-state index contributed by atoms with van der Waals surface area (Å²) in [5, 5.41) is 10.3. The highest BCUT2D eigenvalue weighted by Crippen LogP contribution is 2.32. The van der Waals surface area contributed by atoms with Gasteiger partial charge in [-0.3, -0.25) is 4.79 Å². The van der Waals surface area contributed by atoms with E-state index in [1.54, 1.807) is 18.2 Å². The molecule has 0 unspecified atom stereocenters. The van der Waals surface area contributed by atoms with E-state index in [-0.39, 0.29) is 23.1 Å². The van der Waals surface area contributed by atoms with Crippen molar-refractivity contribution in [1.82, 2.24) is 19.4 Å². The van der Waals surface area contributed by atoms with Crippen molar-refractivity contribution in [2.45, 2.75) is 31.7 Å². The number of hydrogen-bond acceptors (Lipinski definition) is 5. The van der Waals surface area contributed by atoms with Crippen LogP contribution in [0.4, 0.5) is 0 Å². The number of carbonyl (C=O) groups is 1. The Bertz CT molecular complexity index is 803. The molecule has 0 bridgehead atoms. The number of ether oxygens (including phenoxy) is 1. The molecule has 7 heteroatoms. The molecule has 0 aliphatic carbocycles. The Labute approximate surface area is 166 Å². The van der Waals surface area contributed by atoms with Crippen molar-refractivity contribution < 1.29 is 14.6 Å². The largest absolute Gasteiger partial charge is 0.504 e. The standard InChI is InChI=1S/C21H30N4O3/c1-23(2)11-6-13-24-14-10-22-20(24)16-7-5-12-25(15-16)21(27)17-8-4-9-18(28-3)19(17)26/h4,8-10,14,16,26H,5-7,11-13,15H2,1-3H3/t16-/m1/s1. The summed E-state index contributed by atoms with van der Waals surface area (Å²) in [6.07, 6.45) is 6.87. The molecular weight excluding hydrogens is 356 g/mol. The Morgan fingerprint density at radius 3 is 2.96 bits per heavy atom. The van der Waals surface area contributed by atoms with Crippen LogP contribution in [-0.4, -0.2) is 71.2 Å². The number of carbonyl (C=O) groups excluding carboxylic acids is 1. The molecule has 0 saturated carbocycles. The number of aryl methyl sites for hydroxylation is 1. The molecule has 2 heterocycles. The highest BCUT2D eigenvalue weighted by atomic mass is 16.5. The molecule has 1 atom stereocenters. The Balaban J connectivity index is 1.71. The molecule has 1 aliphatic heterocycles. The second-order valence-corrected chi connectivity index (χ2v) is 7.58. The number of nitrogens with zero attached hydrogens (tertiary/aromatic N) is 4. The Morgan fingerprint density at radius 2 is 2.21 bits per heavy atom. The van der Waals surface area contributed by atoms with Gasteiger partial charge in [0.2, 0.25) is 0 Å². The van der Waals surface area contributed by atoms with Crippen LogP contribution in [0.5, 0.6) is 11.5 Å². The average molecular weight is 386 g/mol. The first kappa shape index (κ1) is 20.2. The van der Waals surface area contributed by atoms with Crippen molar-refractivity contribution in [2.24, 2.45) is 0 Å². The third-order valence-electron chi connectivity index (χ3n) is 5.28. The lowest BCUT2D eigenvalue weighted by atomic mass is 9.96. The minimum absolute atomic E-state index is 0.0951. The number of aromatic hydroxyl groups is 1. The predicted octanol–water partition coefficient (Wildman–Crippen LogP) is 2.57. The number of amides is 1. The van der Waals surface area contributed by atoms with E-state index < -0.39 is 0 Å². The quantitative estimate of drug-likeness (QED) is 0.792. The summed E-state index contributed by atoms with van der Waals surface area (Å²) >= 11 is 0. The van der Waals surface area contributed by atoms with Gasteiger partial charge in [-0.15, -0.1) is 0 Å². The van der Waals surface area contributed by atoms with Crippen LogP contribution >= 0.6 is 0 Å². The second kappa shape index (κ2) is 9.10. The summed E-state index contributed by atoms with van der Waals surface area (Å²) in [5.41, 5.74) is 0.286. The van der Waals surface area contributed by atoms with Crippen LogP contribution in [0.3, 0.4) is 0 Å². The Kier molecular flexibility index (Phi) is 6.57. The number of aromatic nitrogens is 2. The van der Waals surface area contributed by atoms with Gasteiger partial charge in [-0.1, -0.05) is 6.07 Å². The van der Waals surface area contributed by atoms with Crippen LogP contribution in [0.25, 0.3) is 0 Å². The predicted molar refractivity (Wildman–Crippen MR) is 108 cm³/mol. The zero-order chi connectivity index (χ0) is 20.1. The van der Waals surface area contributed by atoms with Gasteiger partial charge in [-0.25, -0.2) is 4.98 Å². The van der Waals surface area contributed by atoms with Crippen LogP contribution in [-0.2, 0) is 6.54 Å². The maximum absolute atomic E-state index is 13.0. The highest BCUT2D eigenvalue weighted by molar-refractivity contribution is 5.97. The first-order valence-electron chi connectivity index (χ1n) is 9.82. The van der Waals surface area contributed by atoms with E-state index in [4.69, 9.17) is 4.74 Å². The molecule has 3 rings (SSSR count). The first-order chi connectivity index (χ1) is 13.5. The normalized spacial score (nSPS) is 17.1. The third kappa shape index (κ3) is 4.47. The molecule has 2 aromatic rings. The fourth-order valence-electron chi connectivity index (χ4n) is 3.83. The molecule has 28 heavy (non-hydrogen) atoms. The van der Waals surface area contributed by atoms with Gasteiger partial charge in [0, 0.05) is 37.9 Å². The maximum atomic E-state index is 13.0. The summed E-state index contributed by atoms with van der Waals surface area (Å²) in [6.45, 7) is 3.25. The molecule has 0 spiro atoms. The van der Waals surface area contributed by atoms with E-state index in [0.29, 0.717) is 18.8 Å². The molecule has 1 saturated heterocycles. The number of methoxy groups -OCH3 is 1. The van der Waals surface area contributed by atoms with Gasteiger partial charge in [0.05, 0.1) is 12.7 Å². The molecule has 1 amide bonds. The van der Waals surface area contributed by atoms with Gasteiger partial charge < -0.3 is 24.2 Å². The lowest BCUT2D eigenvalue weighted by molar-refractivity contribution is 0.0699. The molecule has 1 fully saturated rings. The van der Waals surface area contributed by atoms with E-state index in [9.17, 15) is 9.90 Å². The zero-order valence-corrected chi connectivity index (χ0v) is 17.0. The fraction of sp³-hybridized carbons (Fsp3) is 0.524. The van der Waals surface area contributed by atoms with E-state index in [2.05, 4.69) is 28.5 Å². The number of para-hydroxylation sites is 1. The van der Waals surface area contributed by atoms with Crippen LogP contribution in [0.1, 0.15) is 41.4 Å². The number of imidazole rings is 1. The molecule has 7 nitrogen and oxygen atoms in total. The van der Waals surface area contributed by atoms with Gasteiger partial charge >= 0.3 is 0 Å². The third-order valence-corrected chi connectivity index (χ3v) is 5.28. The molecule has 1 N–H and O–H groups in total. The van der Waals surface area contributed by atoms with Gasteiger partial charge in [-0.2, -0.15) is 0 Å². The summed E-state index contributed by atoms with van der Waals surface area (Å²) in [7, 11) is 5.64. The minimum atomic E-state index is -0.160. The summed E-state index contributed by atoms with van der Waals surface area (Å²) in [4.78, 5) is 21.6. The second-order valence-electron chi connectivity index (χ2n) is 7.58. The SMILES string of the molecule is COc1cccc(C(=O)N2CCC[C@@H](c3nccn3CCCN(C)C)C2)c1O. The van der Waals surface area contributed by atoms with Crippen LogP contribution in [0, 0.1) is 0 Å². The van der Waals surface area contributed by atoms with Crippen molar-refractivity contribution in [3.05, 3.63) is 42.0 Å². The summed E-state index contributed by atoms with van der Waals surface area (Å²) in [5.74, 6) is 1.32. The van der Waals surface area contributed by atoms with Crippen molar-refractivity contribution in [3.63, 3.8) is 0 Å². The number of piperidine rings is 1. The van der Waals surface area contributed by atoms with Crippen LogP contribution in [0.15, 0.2) is 30.6 Å². The van der Waals surface area contributed by atoms with Gasteiger partial charge in [-0.05, 0) is 52.0 Å². The highest BCUT2D eigenvalue weighted by Gasteiger charge is 2.29. The van der Waals surface area contributed by atoms with E-state index in [1.807, 2.05) is 17.3 Å². The topological polar surface area (TPSA) is 70.8 Å². The molecule has 1 aromatic heterocycles. The lowest BCUT2D eigenvalue weighted by Gasteiger charge is -2.33. The van der Waals surface area contributed by atoms with Crippen LogP contribution < -0.4 is 4.74 Å². The van der Waals surface area contributed by atoms with Crippen molar-refractivity contribution in [1.29, 1.82) is 0 Å². The number of phenols is 1. The lowest BCUT2D eigenvalue weighted by Crippen LogP contribution is -2.39. The van der Waals surface area contributed by atoms with Crippen molar-refractivity contribution >= 4 is 5.91 Å². The molecule has 1 aliphatic rings. The average Bonchev–Trinajstić information content (AvgIpc) is 3.16. The van der Waals surface area contributed by atoms with Gasteiger partial charge in [0.15, 0.2) is 11.5 Å². The monoisotopic (exact) mass is 386 g/mol. The number of hydrogen-bond donors (Lipinski definition) is 1. The van der Waals surface area contributed by atoms with Crippen molar-refractivity contribution in [2.75, 3.05) is 40.8 Å². The van der Waals surface area contributed by atoms with Crippen LogP contribution in [0.2, 0.25) is 0 Å². The van der Waals surface area contributed by atoms with Gasteiger partial charge in [0.1, 0.15) is 5.82 Å². The number of rotatable bonds is 7. The van der Waals surface area contributed by atoms with E-state index in [0.717, 1.165) is 38.2 Å². The smallest absolute Gasteiger partial charge is 0.257 e. The Hall–Kier alpha value is -2.54. The van der Waals surface area contributed by atoms with E-state index in [1.165, 1.54) is 7.11 Å². The maximum Gasteiger partial charge on any atom is 0.257 e. The van der Waals surface area contributed by atoms with Crippen molar-refractivity contribution in [3.8, 4) is 11.5 Å².